The molecule has 0 fully saturated rings. The molecule has 0 aliphatic rings. The van der Waals surface area contributed by atoms with Crippen LogP contribution in [0, 0.1) is 0 Å². The van der Waals surface area contributed by atoms with E-state index in [-0.39, 0.29) is 0 Å². The predicted molar refractivity (Wildman–Crippen MR) is 47.7 cm³/mol. The van der Waals surface area contributed by atoms with Gasteiger partial charge in [-0.25, -0.2) is 9.97 Å². The van der Waals surface area contributed by atoms with E-state index >= 15 is 0 Å². The van der Waals surface area contributed by atoms with Crippen molar-refractivity contribution >= 4 is 5.69 Å². The van der Waals surface area contributed by atoms with Crippen molar-refractivity contribution in [1.29, 1.82) is 0 Å². The van der Waals surface area contributed by atoms with Gasteiger partial charge < -0.3 is 4.90 Å². The zero-order valence-corrected chi connectivity index (χ0v) is 7.57. The first-order chi connectivity index (χ1) is 5.30. The molecule has 0 saturated carbocycles. The van der Waals surface area contributed by atoms with Gasteiger partial charge >= 0.3 is 0 Å². The van der Waals surface area contributed by atoms with Gasteiger partial charge in [-0.2, -0.15) is 0 Å². The molecule has 3 nitrogen and oxygen atoms in total. The molecule has 1 aromatic rings. The third kappa shape index (κ3) is 3.55. The summed E-state index contributed by atoms with van der Waals surface area (Å²) >= 11 is 0. The average molecular weight is 153 g/mol. The Morgan fingerprint density at radius 3 is 1.82 bits per heavy atom. The smallest absolute Gasteiger partial charge is 0.115 e. The molecule has 0 N–H and O–H groups in total. The lowest BCUT2D eigenvalue weighted by Gasteiger charge is -2.08. The van der Waals surface area contributed by atoms with Gasteiger partial charge in [-0.1, -0.05) is 13.8 Å². The molecule has 0 unspecified atom stereocenters. The fourth-order valence-electron chi connectivity index (χ4n) is 0.522. The molecule has 11 heavy (non-hydrogen) atoms. The fraction of sp³-hybridized carbons (Fsp3) is 0.500. The Kier molecular flexibility index (Phi) is 5.07. The van der Waals surface area contributed by atoms with Crippen molar-refractivity contribution < 1.29 is 0 Å². The van der Waals surface area contributed by atoms with E-state index in [1.54, 1.807) is 12.4 Å². The molecular formula is C8H15N3. The molecule has 62 valence electrons. The van der Waals surface area contributed by atoms with Gasteiger partial charge in [0, 0.05) is 14.1 Å². The minimum absolute atomic E-state index is 1.03. The van der Waals surface area contributed by atoms with Crippen LogP contribution in [0.2, 0.25) is 0 Å². The Labute approximate surface area is 68.1 Å². The van der Waals surface area contributed by atoms with Crippen molar-refractivity contribution in [3.63, 3.8) is 0 Å². The van der Waals surface area contributed by atoms with Gasteiger partial charge in [0.1, 0.15) is 6.33 Å². The minimum atomic E-state index is 1.03. The summed E-state index contributed by atoms with van der Waals surface area (Å²) in [5.41, 5.74) is 1.03. The van der Waals surface area contributed by atoms with Crippen LogP contribution in [0.1, 0.15) is 13.8 Å². The SMILES string of the molecule is CC.CN(C)c1cncnc1. The maximum Gasteiger partial charge on any atom is 0.115 e. The van der Waals surface area contributed by atoms with Gasteiger partial charge in [-0.05, 0) is 0 Å². The van der Waals surface area contributed by atoms with Crippen molar-refractivity contribution in [3.8, 4) is 0 Å². The van der Waals surface area contributed by atoms with Crippen LogP contribution in [0.3, 0.4) is 0 Å². The van der Waals surface area contributed by atoms with Gasteiger partial charge in [0.25, 0.3) is 0 Å². The van der Waals surface area contributed by atoms with Crippen LogP contribution in [0.5, 0.6) is 0 Å². The second-order valence-corrected chi connectivity index (χ2v) is 1.99. The molecule has 0 aliphatic heterocycles. The third-order valence-corrected chi connectivity index (χ3v) is 1.06. The minimum Gasteiger partial charge on any atom is -0.375 e. The van der Waals surface area contributed by atoms with E-state index in [0.717, 1.165) is 5.69 Å². The van der Waals surface area contributed by atoms with E-state index in [2.05, 4.69) is 9.97 Å². The molecule has 0 aromatic carbocycles. The molecule has 0 atom stereocenters. The number of hydrogen-bond acceptors (Lipinski definition) is 3. The summed E-state index contributed by atoms with van der Waals surface area (Å²) in [6, 6.07) is 0. The first kappa shape index (κ1) is 9.88. The van der Waals surface area contributed by atoms with E-state index in [4.69, 9.17) is 0 Å². The van der Waals surface area contributed by atoms with Crippen LogP contribution in [0.4, 0.5) is 5.69 Å². The van der Waals surface area contributed by atoms with Gasteiger partial charge in [0.2, 0.25) is 0 Å². The highest BCUT2D eigenvalue weighted by Crippen LogP contribution is 2.02. The normalized spacial score (nSPS) is 8.00. The van der Waals surface area contributed by atoms with Crippen LogP contribution >= 0.6 is 0 Å². The highest BCUT2D eigenvalue weighted by Gasteiger charge is 1.89. The summed E-state index contributed by atoms with van der Waals surface area (Å²) < 4.78 is 0. The molecule has 0 amide bonds. The van der Waals surface area contributed by atoms with Crippen molar-refractivity contribution in [2.75, 3.05) is 19.0 Å². The molecular weight excluding hydrogens is 138 g/mol. The molecule has 3 heteroatoms. The largest absolute Gasteiger partial charge is 0.375 e. The summed E-state index contributed by atoms with van der Waals surface area (Å²) in [4.78, 5) is 9.66. The zero-order chi connectivity index (χ0) is 8.69. The summed E-state index contributed by atoms with van der Waals surface area (Å²) in [6.07, 6.45) is 5.06. The summed E-state index contributed by atoms with van der Waals surface area (Å²) in [5, 5.41) is 0. The lowest BCUT2D eigenvalue weighted by atomic mass is 10.5. The van der Waals surface area contributed by atoms with Crippen molar-refractivity contribution in [2.45, 2.75) is 13.8 Å². The maximum absolute atomic E-state index is 3.85. The van der Waals surface area contributed by atoms with Gasteiger partial charge in [-0.15, -0.1) is 0 Å². The predicted octanol–water partition coefficient (Wildman–Crippen LogP) is 1.57. The van der Waals surface area contributed by atoms with Gasteiger partial charge in [-0.3, -0.25) is 0 Å². The van der Waals surface area contributed by atoms with Crippen molar-refractivity contribution in [3.05, 3.63) is 18.7 Å². The maximum atomic E-state index is 3.85. The summed E-state index contributed by atoms with van der Waals surface area (Å²) in [5.74, 6) is 0. The molecule has 1 heterocycles. The quantitative estimate of drug-likeness (QED) is 0.613. The Morgan fingerprint density at radius 2 is 1.55 bits per heavy atom. The van der Waals surface area contributed by atoms with Crippen molar-refractivity contribution in [2.24, 2.45) is 0 Å². The summed E-state index contributed by atoms with van der Waals surface area (Å²) in [7, 11) is 3.91. The molecule has 0 bridgehead atoms. The first-order valence-corrected chi connectivity index (χ1v) is 3.73. The first-order valence-electron chi connectivity index (χ1n) is 3.73. The lowest BCUT2D eigenvalue weighted by molar-refractivity contribution is 1.07. The Hall–Kier alpha value is -1.12. The Morgan fingerprint density at radius 1 is 1.09 bits per heavy atom. The summed E-state index contributed by atoms with van der Waals surface area (Å²) in [6.45, 7) is 4.00. The molecule has 0 saturated heterocycles. The van der Waals surface area contributed by atoms with E-state index in [1.165, 1.54) is 6.33 Å². The monoisotopic (exact) mass is 153 g/mol. The topological polar surface area (TPSA) is 29.0 Å². The molecule has 0 aliphatic carbocycles. The third-order valence-electron chi connectivity index (χ3n) is 1.06. The van der Waals surface area contributed by atoms with E-state index in [1.807, 2.05) is 32.8 Å². The van der Waals surface area contributed by atoms with Gasteiger partial charge in [0.05, 0.1) is 18.1 Å². The number of nitrogens with zero attached hydrogens (tertiary/aromatic N) is 3. The van der Waals surface area contributed by atoms with E-state index < -0.39 is 0 Å². The molecule has 1 rings (SSSR count). The second-order valence-electron chi connectivity index (χ2n) is 1.99. The average Bonchev–Trinajstić information content (AvgIpc) is 2.10. The Balaban J connectivity index is 0.000000461. The second kappa shape index (κ2) is 5.65. The number of anilines is 1. The number of hydrogen-bond donors (Lipinski definition) is 0. The number of rotatable bonds is 1. The van der Waals surface area contributed by atoms with Crippen LogP contribution in [0.25, 0.3) is 0 Å². The van der Waals surface area contributed by atoms with E-state index in [9.17, 15) is 0 Å². The van der Waals surface area contributed by atoms with Crippen LogP contribution in [-0.4, -0.2) is 24.1 Å². The number of aromatic nitrogens is 2. The molecule has 0 radical (unpaired) electrons. The zero-order valence-electron chi connectivity index (χ0n) is 7.57. The molecule has 0 spiro atoms. The van der Waals surface area contributed by atoms with Crippen molar-refractivity contribution in [1.82, 2.24) is 9.97 Å². The van der Waals surface area contributed by atoms with Crippen LogP contribution in [0.15, 0.2) is 18.7 Å². The standard InChI is InChI=1S/C6H9N3.C2H6/c1-9(2)6-3-7-5-8-4-6;1-2/h3-5H,1-2H3;1-2H3. The highest BCUT2D eigenvalue weighted by atomic mass is 15.1. The van der Waals surface area contributed by atoms with Crippen LogP contribution < -0.4 is 4.90 Å². The fourth-order valence-corrected chi connectivity index (χ4v) is 0.522. The molecule has 1 aromatic heterocycles. The Bertz CT molecular complexity index is 172. The van der Waals surface area contributed by atoms with E-state index in [0.29, 0.717) is 0 Å². The van der Waals surface area contributed by atoms with Gasteiger partial charge in [0.15, 0.2) is 0 Å². The highest BCUT2D eigenvalue weighted by molar-refractivity contribution is 5.38. The lowest BCUT2D eigenvalue weighted by Crippen LogP contribution is -2.08. The van der Waals surface area contributed by atoms with Crippen LogP contribution in [-0.2, 0) is 0 Å².